The molecule has 0 fully saturated rings. The van der Waals surface area contributed by atoms with Gasteiger partial charge in [-0.15, -0.1) is 0 Å². The summed E-state index contributed by atoms with van der Waals surface area (Å²) in [7, 11) is -2.13. The highest BCUT2D eigenvalue weighted by Gasteiger charge is 2.19. The SMILES string of the molecule is CS(C)(=O)=NCCCNc1nonc1/C(CC(=N)c1ccc(F)c(Br)c1)=N/O. The first-order chi connectivity index (χ1) is 13.2. The molecule has 0 spiro atoms. The number of hydrogen-bond acceptors (Lipinski definition) is 9. The Kier molecular flexibility index (Phi) is 7.63. The first kappa shape index (κ1) is 22.0. The van der Waals surface area contributed by atoms with E-state index in [0.717, 1.165) is 0 Å². The summed E-state index contributed by atoms with van der Waals surface area (Å²) < 4.78 is 33.9. The zero-order valence-electron chi connectivity index (χ0n) is 15.3. The second-order valence-electron chi connectivity index (χ2n) is 6.11. The van der Waals surface area contributed by atoms with Gasteiger partial charge in [0.15, 0.2) is 11.5 Å². The predicted octanol–water partition coefficient (Wildman–Crippen LogP) is 3.14. The summed E-state index contributed by atoms with van der Waals surface area (Å²) in [4.78, 5) is 0. The van der Waals surface area contributed by atoms with Crippen LogP contribution in [-0.4, -0.2) is 56.8 Å². The maximum absolute atomic E-state index is 13.4. The molecular formula is C16H20BrFN6O3S. The van der Waals surface area contributed by atoms with Gasteiger partial charge in [0.25, 0.3) is 0 Å². The third-order valence-electron chi connectivity index (χ3n) is 3.52. The fraction of sp³-hybridized carbons (Fsp3) is 0.375. The number of hydrogen-bond donors (Lipinski definition) is 3. The van der Waals surface area contributed by atoms with Crippen LogP contribution in [-0.2, 0) is 9.73 Å². The lowest BCUT2D eigenvalue weighted by molar-refractivity contribution is 0.304. The van der Waals surface area contributed by atoms with E-state index in [-0.39, 0.29) is 33.8 Å². The average Bonchev–Trinajstić information content (AvgIpc) is 3.08. The van der Waals surface area contributed by atoms with Crippen LogP contribution in [0.25, 0.3) is 0 Å². The molecule has 0 aliphatic carbocycles. The van der Waals surface area contributed by atoms with Gasteiger partial charge in [0.2, 0.25) is 0 Å². The van der Waals surface area contributed by atoms with Gasteiger partial charge < -0.3 is 15.9 Å². The number of oxime groups is 1. The number of anilines is 1. The first-order valence-corrected chi connectivity index (χ1v) is 11.3. The standard InChI is InChI=1S/C16H20BrFN6O3S/c1-28(2,26)21-7-3-6-20-16-15(23-27-24-16)14(22-25)9-13(19)10-4-5-12(18)11(17)8-10/h4-5,8,19,25H,3,6-7,9H2,1-2H3,(H,20,24)/b19-13?,22-14+. The van der Waals surface area contributed by atoms with Crippen LogP contribution in [0, 0.1) is 11.2 Å². The van der Waals surface area contributed by atoms with Crippen molar-refractivity contribution in [1.29, 1.82) is 5.41 Å². The topological polar surface area (TPSA) is 137 Å². The molecule has 0 bridgehead atoms. The van der Waals surface area contributed by atoms with Gasteiger partial charge in [0, 0.05) is 40.9 Å². The molecule has 2 rings (SSSR count). The molecule has 0 atom stereocenters. The normalized spacial score (nSPS) is 12.1. The van der Waals surface area contributed by atoms with Crippen molar-refractivity contribution in [3.05, 3.63) is 39.7 Å². The second kappa shape index (κ2) is 9.73. The van der Waals surface area contributed by atoms with Crippen LogP contribution in [0.5, 0.6) is 0 Å². The molecule has 152 valence electrons. The maximum Gasteiger partial charge on any atom is 0.200 e. The van der Waals surface area contributed by atoms with Crippen LogP contribution < -0.4 is 5.32 Å². The van der Waals surface area contributed by atoms with Gasteiger partial charge >= 0.3 is 0 Å². The largest absolute Gasteiger partial charge is 0.411 e. The van der Waals surface area contributed by atoms with Crippen LogP contribution in [0.1, 0.15) is 24.1 Å². The molecule has 2 aromatic rings. The Morgan fingerprint density at radius 1 is 1.43 bits per heavy atom. The third kappa shape index (κ3) is 6.37. The number of rotatable bonds is 9. The van der Waals surface area contributed by atoms with Crippen molar-refractivity contribution in [2.24, 2.45) is 9.52 Å². The van der Waals surface area contributed by atoms with Crippen LogP contribution in [0.15, 0.2) is 36.8 Å². The highest BCUT2D eigenvalue weighted by molar-refractivity contribution is 9.10. The zero-order valence-corrected chi connectivity index (χ0v) is 17.7. The molecule has 1 heterocycles. The molecule has 0 saturated carbocycles. The molecule has 28 heavy (non-hydrogen) atoms. The van der Waals surface area contributed by atoms with Gasteiger partial charge in [-0.1, -0.05) is 11.2 Å². The van der Waals surface area contributed by atoms with Gasteiger partial charge in [-0.05, 0) is 50.4 Å². The van der Waals surface area contributed by atoms with Crippen molar-refractivity contribution in [1.82, 2.24) is 10.3 Å². The molecule has 0 unspecified atom stereocenters. The van der Waals surface area contributed by atoms with Gasteiger partial charge in [-0.3, -0.25) is 4.21 Å². The Hall–Kier alpha value is -2.34. The molecule has 12 heteroatoms. The summed E-state index contributed by atoms with van der Waals surface area (Å²) in [6.45, 7) is 0.881. The van der Waals surface area contributed by atoms with Gasteiger partial charge in [-0.2, -0.15) is 0 Å². The molecule has 3 N–H and O–H groups in total. The minimum atomic E-state index is -2.13. The molecule has 0 aliphatic heterocycles. The van der Waals surface area contributed by atoms with Gasteiger partial charge in [0.05, 0.1) is 11.0 Å². The molecule has 1 aromatic carbocycles. The van der Waals surface area contributed by atoms with Crippen molar-refractivity contribution in [3.63, 3.8) is 0 Å². The Morgan fingerprint density at radius 3 is 2.82 bits per heavy atom. The summed E-state index contributed by atoms with van der Waals surface area (Å²) in [5, 5.41) is 31.2. The zero-order chi connectivity index (χ0) is 20.7. The van der Waals surface area contributed by atoms with Gasteiger partial charge in [0.1, 0.15) is 11.5 Å². The molecule has 0 radical (unpaired) electrons. The van der Waals surface area contributed by atoms with Crippen LogP contribution in [0.3, 0.4) is 0 Å². The number of benzene rings is 1. The Bertz CT molecular complexity index is 992. The molecule has 0 aliphatic rings. The minimum absolute atomic E-state index is 0.0689. The van der Waals surface area contributed by atoms with E-state index in [1.54, 1.807) is 12.5 Å². The third-order valence-corrected chi connectivity index (χ3v) is 4.94. The smallest absolute Gasteiger partial charge is 0.200 e. The minimum Gasteiger partial charge on any atom is -0.411 e. The molecule has 0 saturated heterocycles. The van der Waals surface area contributed by atoms with Crippen LogP contribution in [0.2, 0.25) is 0 Å². The average molecular weight is 475 g/mol. The fourth-order valence-corrected chi connectivity index (χ4v) is 3.13. The first-order valence-electron chi connectivity index (χ1n) is 8.14. The molecule has 0 amide bonds. The van der Waals surface area contributed by atoms with E-state index in [0.29, 0.717) is 25.1 Å². The van der Waals surface area contributed by atoms with Crippen molar-refractivity contribution in [2.45, 2.75) is 12.8 Å². The summed E-state index contributed by atoms with van der Waals surface area (Å²) in [5.41, 5.74) is 0.802. The molecule has 1 aromatic heterocycles. The fourth-order valence-electron chi connectivity index (χ4n) is 2.18. The summed E-state index contributed by atoms with van der Waals surface area (Å²) in [5.74, 6) is -0.178. The van der Waals surface area contributed by atoms with E-state index in [1.807, 2.05) is 0 Å². The Balaban J connectivity index is 2.03. The Morgan fingerprint density at radius 2 is 2.18 bits per heavy atom. The lowest BCUT2D eigenvalue weighted by Crippen LogP contribution is -2.14. The van der Waals surface area contributed by atoms with Crippen molar-refractivity contribution < 1.29 is 18.4 Å². The summed E-state index contributed by atoms with van der Waals surface area (Å²) >= 11 is 3.08. The molecule has 9 nitrogen and oxygen atoms in total. The van der Waals surface area contributed by atoms with Gasteiger partial charge in [-0.25, -0.2) is 13.4 Å². The van der Waals surface area contributed by atoms with Crippen LogP contribution in [0.4, 0.5) is 10.2 Å². The maximum atomic E-state index is 13.4. The highest BCUT2D eigenvalue weighted by atomic mass is 79.9. The van der Waals surface area contributed by atoms with E-state index in [2.05, 4.69) is 41.1 Å². The van der Waals surface area contributed by atoms with E-state index in [9.17, 15) is 13.8 Å². The number of halogens is 2. The predicted molar refractivity (Wildman–Crippen MR) is 109 cm³/mol. The highest BCUT2D eigenvalue weighted by Crippen LogP contribution is 2.19. The second-order valence-corrected chi connectivity index (χ2v) is 9.58. The van der Waals surface area contributed by atoms with Crippen molar-refractivity contribution >= 4 is 42.9 Å². The summed E-state index contributed by atoms with van der Waals surface area (Å²) in [6, 6.07) is 4.17. The molecular weight excluding hydrogens is 455 g/mol. The van der Waals surface area contributed by atoms with E-state index in [4.69, 9.17) is 10.0 Å². The van der Waals surface area contributed by atoms with Crippen LogP contribution >= 0.6 is 15.9 Å². The van der Waals surface area contributed by atoms with E-state index in [1.165, 1.54) is 18.2 Å². The van der Waals surface area contributed by atoms with Crippen molar-refractivity contribution in [2.75, 3.05) is 30.9 Å². The lowest BCUT2D eigenvalue weighted by atomic mass is 10.0. The monoisotopic (exact) mass is 474 g/mol. The number of nitrogens with zero attached hydrogens (tertiary/aromatic N) is 4. The van der Waals surface area contributed by atoms with E-state index < -0.39 is 15.5 Å². The Labute approximate surface area is 170 Å². The lowest BCUT2D eigenvalue weighted by Gasteiger charge is -2.07. The quantitative estimate of drug-likeness (QED) is 0.221. The summed E-state index contributed by atoms with van der Waals surface area (Å²) in [6.07, 6.45) is 3.67. The van der Waals surface area contributed by atoms with Crippen molar-refractivity contribution in [3.8, 4) is 0 Å². The number of nitrogens with one attached hydrogen (secondary N) is 2. The number of aromatic nitrogens is 2. The van der Waals surface area contributed by atoms with E-state index >= 15 is 0 Å².